The van der Waals surface area contributed by atoms with Crippen LogP contribution >= 0.6 is 11.3 Å². The maximum Gasteiger partial charge on any atom is 0.0898 e. The SMILES string of the molecule is CC#CCCC(NCCC)c1csc(C)n1. The first-order chi connectivity index (χ1) is 7.77. The molecule has 2 nitrogen and oxygen atoms in total. The normalized spacial score (nSPS) is 11.9. The molecule has 0 aliphatic heterocycles. The Morgan fingerprint density at radius 2 is 2.38 bits per heavy atom. The van der Waals surface area contributed by atoms with Crippen LogP contribution in [0.1, 0.15) is 49.9 Å². The summed E-state index contributed by atoms with van der Waals surface area (Å²) in [5.41, 5.74) is 1.17. The van der Waals surface area contributed by atoms with E-state index in [1.54, 1.807) is 11.3 Å². The van der Waals surface area contributed by atoms with Crippen molar-refractivity contribution < 1.29 is 0 Å². The molecule has 1 aromatic rings. The van der Waals surface area contributed by atoms with Crippen molar-refractivity contribution in [3.05, 3.63) is 16.1 Å². The molecule has 0 fully saturated rings. The Labute approximate surface area is 102 Å². The summed E-state index contributed by atoms with van der Waals surface area (Å²) in [6.07, 6.45) is 3.14. The number of hydrogen-bond acceptors (Lipinski definition) is 3. The van der Waals surface area contributed by atoms with E-state index in [4.69, 9.17) is 0 Å². The maximum absolute atomic E-state index is 4.55. The number of rotatable bonds is 6. The molecule has 0 aromatic carbocycles. The van der Waals surface area contributed by atoms with Gasteiger partial charge in [0.25, 0.3) is 0 Å². The third-order valence-corrected chi connectivity index (χ3v) is 3.16. The number of nitrogens with zero attached hydrogens (tertiary/aromatic N) is 1. The van der Waals surface area contributed by atoms with Gasteiger partial charge in [0.05, 0.1) is 16.7 Å². The topological polar surface area (TPSA) is 24.9 Å². The molecule has 0 aliphatic rings. The van der Waals surface area contributed by atoms with Crippen LogP contribution in [0.4, 0.5) is 0 Å². The van der Waals surface area contributed by atoms with E-state index in [0.29, 0.717) is 6.04 Å². The Bertz CT molecular complexity index is 359. The van der Waals surface area contributed by atoms with Crippen molar-refractivity contribution in [3.8, 4) is 11.8 Å². The van der Waals surface area contributed by atoms with E-state index in [2.05, 4.69) is 41.4 Å². The molecule has 3 heteroatoms. The average Bonchev–Trinajstić information content (AvgIpc) is 2.70. The van der Waals surface area contributed by atoms with Crippen LogP contribution in [-0.4, -0.2) is 11.5 Å². The van der Waals surface area contributed by atoms with Gasteiger partial charge in [0.2, 0.25) is 0 Å². The van der Waals surface area contributed by atoms with Gasteiger partial charge in [0, 0.05) is 11.8 Å². The molecule has 88 valence electrons. The highest BCUT2D eigenvalue weighted by atomic mass is 32.1. The first-order valence-corrected chi connectivity index (χ1v) is 6.71. The average molecular weight is 236 g/mol. The summed E-state index contributed by atoms with van der Waals surface area (Å²) >= 11 is 1.72. The summed E-state index contributed by atoms with van der Waals surface area (Å²) in [6.45, 7) is 7.17. The fourth-order valence-electron chi connectivity index (χ4n) is 1.55. The van der Waals surface area contributed by atoms with Crippen molar-refractivity contribution in [1.29, 1.82) is 0 Å². The fraction of sp³-hybridized carbons (Fsp3) is 0.615. The summed E-state index contributed by atoms with van der Waals surface area (Å²) in [6, 6.07) is 0.366. The van der Waals surface area contributed by atoms with Crippen molar-refractivity contribution >= 4 is 11.3 Å². The van der Waals surface area contributed by atoms with Crippen molar-refractivity contribution in [2.45, 2.75) is 46.1 Å². The third-order valence-electron chi connectivity index (χ3n) is 2.37. The van der Waals surface area contributed by atoms with Crippen LogP contribution in [0.15, 0.2) is 5.38 Å². The van der Waals surface area contributed by atoms with E-state index >= 15 is 0 Å². The molecule has 0 bridgehead atoms. The quantitative estimate of drug-likeness (QED) is 0.767. The predicted molar refractivity (Wildman–Crippen MR) is 70.6 cm³/mol. The summed E-state index contributed by atoms with van der Waals surface area (Å²) in [4.78, 5) is 4.55. The van der Waals surface area contributed by atoms with Gasteiger partial charge in [-0.05, 0) is 33.2 Å². The molecule has 1 heterocycles. The largest absolute Gasteiger partial charge is 0.309 e. The van der Waals surface area contributed by atoms with Crippen molar-refractivity contribution in [2.75, 3.05) is 6.54 Å². The molecule has 1 rings (SSSR count). The van der Waals surface area contributed by atoms with E-state index < -0.39 is 0 Å². The summed E-state index contributed by atoms with van der Waals surface area (Å²) in [5, 5.41) is 6.83. The first kappa shape index (κ1) is 13.2. The van der Waals surface area contributed by atoms with Gasteiger partial charge < -0.3 is 5.32 Å². The second kappa shape index (κ2) is 7.43. The van der Waals surface area contributed by atoms with Gasteiger partial charge in [-0.25, -0.2) is 4.98 Å². The summed E-state index contributed by atoms with van der Waals surface area (Å²) in [5.74, 6) is 6.06. The first-order valence-electron chi connectivity index (χ1n) is 5.83. The number of hydrogen-bond donors (Lipinski definition) is 1. The smallest absolute Gasteiger partial charge is 0.0898 e. The maximum atomic E-state index is 4.55. The Kier molecular flexibility index (Phi) is 6.14. The molecule has 0 spiro atoms. The van der Waals surface area contributed by atoms with E-state index in [1.165, 1.54) is 5.69 Å². The lowest BCUT2D eigenvalue weighted by Crippen LogP contribution is -2.22. The van der Waals surface area contributed by atoms with Crippen LogP contribution in [0.3, 0.4) is 0 Å². The lowest BCUT2D eigenvalue weighted by molar-refractivity contribution is 0.496. The molecule has 1 N–H and O–H groups in total. The van der Waals surface area contributed by atoms with Gasteiger partial charge in [0.15, 0.2) is 0 Å². The van der Waals surface area contributed by atoms with Gasteiger partial charge >= 0.3 is 0 Å². The molecule has 16 heavy (non-hydrogen) atoms. The van der Waals surface area contributed by atoms with Crippen LogP contribution in [0.2, 0.25) is 0 Å². The zero-order chi connectivity index (χ0) is 11.8. The number of aryl methyl sites for hydroxylation is 1. The van der Waals surface area contributed by atoms with Crippen molar-refractivity contribution in [2.24, 2.45) is 0 Å². The molecule has 0 saturated heterocycles. The molecular weight excluding hydrogens is 216 g/mol. The number of nitrogens with one attached hydrogen (secondary N) is 1. The predicted octanol–water partition coefficient (Wildman–Crippen LogP) is 3.30. The Morgan fingerprint density at radius 1 is 1.56 bits per heavy atom. The highest BCUT2D eigenvalue weighted by molar-refractivity contribution is 7.09. The minimum absolute atomic E-state index is 0.366. The highest BCUT2D eigenvalue weighted by Gasteiger charge is 2.12. The van der Waals surface area contributed by atoms with Gasteiger partial charge in [-0.2, -0.15) is 0 Å². The van der Waals surface area contributed by atoms with Crippen LogP contribution in [-0.2, 0) is 0 Å². The second-order valence-electron chi connectivity index (χ2n) is 3.76. The summed E-state index contributed by atoms with van der Waals surface area (Å²) in [7, 11) is 0. The van der Waals surface area contributed by atoms with Gasteiger partial charge in [0.1, 0.15) is 0 Å². The van der Waals surface area contributed by atoms with Crippen molar-refractivity contribution in [1.82, 2.24) is 10.3 Å². The van der Waals surface area contributed by atoms with Gasteiger partial charge in [-0.3, -0.25) is 0 Å². The van der Waals surface area contributed by atoms with Crippen LogP contribution in [0, 0.1) is 18.8 Å². The molecule has 0 saturated carbocycles. The van der Waals surface area contributed by atoms with Crippen LogP contribution < -0.4 is 5.32 Å². The zero-order valence-electron chi connectivity index (χ0n) is 10.3. The fourth-order valence-corrected chi connectivity index (χ4v) is 2.22. The minimum Gasteiger partial charge on any atom is -0.309 e. The Hall–Kier alpha value is -0.850. The Morgan fingerprint density at radius 3 is 2.94 bits per heavy atom. The molecule has 0 radical (unpaired) electrons. The molecule has 1 aromatic heterocycles. The molecule has 1 atom stereocenters. The molecule has 0 aliphatic carbocycles. The minimum atomic E-state index is 0.366. The van der Waals surface area contributed by atoms with Crippen LogP contribution in [0.25, 0.3) is 0 Å². The van der Waals surface area contributed by atoms with Crippen LogP contribution in [0.5, 0.6) is 0 Å². The Balaban J connectivity index is 2.57. The van der Waals surface area contributed by atoms with E-state index in [-0.39, 0.29) is 0 Å². The zero-order valence-corrected chi connectivity index (χ0v) is 11.2. The lowest BCUT2D eigenvalue weighted by atomic mass is 10.1. The molecule has 0 amide bonds. The monoisotopic (exact) mass is 236 g/mol. The van der Waals surface area contributed by atoms with E-state index in [9.17, 15) is 0 Å². The molecule has 1 unspecified atom stereocenters. The number of aromatic nitrogens is 1. The standard InChI is InChI=1S/C13H20N2S/c1-4-6-7-8-12(14-9-5-2)13-10-16-11(3)15-13/h10,12,14H,5,7-9H2,1-3H3. The number of thiazole rings is 1. The van der Waals surface area contributed by atoms with Gasteiger partial charge in [-0.1, -0.05) is 6.92 Å². The lowest BCUT2D eigenvalue weighted by Gasteiger charge is -2.14. The summed E-state index contributed by atoms with van der Waals surface area (Å²) < 4.78 is 0. The molecular formula is C13H20N2S. The second-order valence-corrected chi connectivity index (χ2v) is 4.83. The van der Waals surface area contributed by atoms with E-state index in [1.807, 2.05) is 6.92 Å². The van der Waals surface area contributed by atoms with Crippen molar-refractivity contribution in [3.63, 3.8) is 0 Å². The van der Waals surface area contributed by atoms with Gasteiger partial charge in [-0.15, -0.1) is 23.2 Å². The third kappa shape index (κ3) is 4.34. The highest BCUT2D eigenvalue weighted by Crippen LogP contribution is 2.20. The van der Waals surface area contributed by atoms with E-state index in [0.717, 1.165) is 30.8 Å².